The molecule has 6 atom stereocenters. The van der Waals surface area contributed by atoms with Crippen molar-refractivity contribution in [1.29, 1.82) is 0 Å². The fourth-order valence-electron chi connectivity index (χ4n) is 4.60. The molecule has 2 bridgehead atoms. The Balaban J connectivity index is 1.48. The number of Topliss-reactive ketones (excluding diaryl/α,β-unsaturated/α-hetero) is 1. The minimum atomic E-state index is -0.547. The molecule has 0 heterocycles. The van der Waals surface area contributed by atoms with Crippen LogP contribution in [0.25, 0.3) is 0 Å². The van der Waals surface area contributed by atoms with Crippen molar-refractivity contribution in [3.8, 4) is 0 Å². The summed E-state index contributed by atoms with van der Waals surface area (Å²) in [4.78, 5) is 37.1. The summed E-state index contributed by atoms with van der Waals surface area (Å²) < 4.78 is 10.2. The standard InChI is InChI=1S/C20H20O5/c1-24-19(22)17-12-7-8-13(15-9-14(12)15)18(17)20(23)25-10-16(21)11-5-3-2-4-6-11/h2-8,12-15,17-18H,9-10H2,1H3/t12-,13-,14+,15-,17+,18-/m0/s1. The van der Waals surface area contributed by atoms with Crippen LogP contribution in [0.5, 0.6) is 0 Å². The maximum absolute atomic E-state index is 12.7. The number of benzene rings is 1. The zero-order valence-corrected chi connectivity index (χ0v) is 14.0. The van der Waals surface area contributed by atoms with E-state index in [0.29, 0.717) is 17.4 Å². The molecule has 4 aliphatic carbocycles. The van der Waals surface area contributed by atoms with E-state index >= 15 is 0 Å². The summed E-state index contributed by atoms with van der Waals surface area (Å²) >= 11 is 0. The van der Waals surface area contributed by atoms with E-state index in [1.54, 1.807) is 24.3 Å². The van der Waals surface area contributed by atoms with Gasteiger partial charge in [0.25, 0.3) is 0 Å². The average Bonchev–Trinajstić information content (AvgIpc) is 3.47. The Morgan fingerprint density at radius 3 is 2.16 bits per heavy atom. The molecule has 5 heteroatoms. The van der Waals surface area contributed by atoms with Gasteiger partial charge in [-0.05, 0) is 30.1 Å². The predicted octanol–water partition coefficient (Wildman–Crippen LogP) is 2.27. The number of esters is 2. The van der Waals surface area contributed by atoms with Crippen LogP contribution in [-0.4, -0.2) is 31.4 Å². The molecule has 1 aromatic rings. The van der Waals surface area contributed by atoms with Crippen molar-refractivity contribution in [2.45, 2.75) is 6.42 Å². The fraction of sp³-hybridized carbons (Fsp3) is 0.450. The van der Waals surface area contributed by atoms with Crippen molar-refractivity contribution in [3.63, 3.8) is 0 Å². The van der Waals surface area contributed by atoms with Gasteiger partial charge >= 0.3 is 11.9 Å². The average molecular weight is 340 g/mol. The summed E-state index contributed by atoms with van der Waals surface area (Å²) in [6.07, 6.45) is 5.14. The van der Waals surface area contributed by atoms with E-state index < -0.39 is 17.8 Å². The van der Waals surface area contributed by atoms with Crippen LogP contribution in [0.1, 0.15) is 16.8 Å². The first kappa shape index (κ1) is 16.1. The Morgan fingerprint density at radius 1 is 0.960 bits per heavy atom. The molecule has 2 fully saturated rings. The van der Waals surface area contributed by atoms with Crippen molar-refractivity contribution in [3.05, 3.63) is 48.0 Å². The van der Waals surface area contributed by atoms with E-state index in [0.717, 1.165) is 6.42 Å². The third-order valence-electron chi connectivity index (χ3n) is 5.84. The lowest BCUT2D eigenvalue weighted by atomic mass is 9.62. The smallest absolute Gasteiger partial charge is 0.310 e. The van der Waals surface area contributed by atoms with Crippen LogP contribution in [-0.2, 0) is 19.1 Å². The SMILES string of the molecule is COC(=O)[C@@H]1[C@H]2C=C[C@@H]([C@@H]3C[C@H]23)[C@@H]1C(=O)OCC(=O)c1ccccc1. The Hall–Kier alpha value is -2.43. The number of allylic oxidation sites excluding steroid dienone is 2. The summed E-state index contributed by atoms with van der Waals surface area (Å²) in [6.45, 7) is -0.303. The molecule has 1 aromatic carbocycles. The molecule has 0 spiro atoms. The van der Waals surface area contributed by atoms with Gasteiger partial charge in [-0.1, -0.05) is 42.5 Å². The first-order valence-electron chi connectivity index (χ1n) is 8.63. The van der Waals surface area contributed by atoms with Gasteiger partial charge < -0.3 is 9.47 Å². The van der Waals surface area contributed by atoms with Crippen LogP contribution >= 0.6 is 0 Å². The van der Waals surface area contributed by atoms with E-state index in [1.807, 2.05) is 12.1 Å². The maximum Gasteiger partial charge on any atom is 0.310 e. The lowest BCUT2D eigenvalue weighted by Gasteiger charge is -2.41. The third kappa shape index (κ3) is 2.68. The highest BCUT2D eigenvalue weighted by atomic mass is 16.5. The maximum atomic E-state index is 12.7. The highest BCUT2D eigenvalue weighted by molar-refractivity contribution is 5.98. The second-order valence-electron chi connectivity index (χ2n) is 7.07. The fourth-order valence-corrected chi connectivity index (χ4v) is 4.60. The van der Waals surface area contributed by atoms with Gasteiger partial charge in [-0.2, -0.15) is 0 Å². The third-order valence-corrected chi connectivity index (χ3v) is 5.84. The molecule has 4 aliphatic rings. The molecule has 0 aromatic heterocycles. The van der Waals surface area contributed by atoms with Crippen molar-refractivity contribution in [2.75, 3.05) is 13.7 Å². The zero-order chi connectivity index (χ0) is 17.6. The van der Waals surface area contributed by atoms with E-state index in [-0.39, 0.29) is 30.2 Å². The van der Waals surface area contributed by atoms with E-state index in [1.165, 1.54) is 7.11 Å². The summed E-state index contributed by atoms with van der Waals surface area (Å²) in [5.74, 6) is -1.12. The number of carbonyl (C=O) groups excluding carboxylic acids is 3. The summed E-state index contributed by atoms with van der Waals surface area (Å²) in [5.41, 5.74) is 0.507. The molecule has 0 aliphatic heterocycles. The number of hydrogen-bond donors (Lipinski definition) is 0. The van der Waals surface area contributed by atoms with E-state index in [4.69, 9.17) is 9.47 Å². The van der Waals surface area contributed by atoms with Gasteiger partial charge in [-0.3, -0.25) is 14.4 Å². The minimum Gasteiger partial charge on any atom is -0.469 e. The van der Waals surface area contributed by atoms with Gasteiger partial charge in [0, 0.05) is 5.56 Å². The topological polar surface area (TPSA) is 69.7 Å². The molecule has 0 unspecified atom stereocenters. The van der Waals surface area contributed by atoms with Crippen LogP contribution in [0.2, 0.25) is 0 Å². The molecule has 130 valence electrons. The number of ether oxygens (including phenoxy) is 2. The van der Waals surface area contributed by atoms with Crippen LogP contribution in [0.3, 0.4) is 0 Å². The van der Waals surface area contributed by atoms with Crippen molar-refractivity contribution in [1.82, 2.24) is 0 Å². The summed E-state index contributed by atoms with van der Waals surface area (Å²) in [6, 6.07) is 8.73. The number of hydrogen-bond acceptors (Lipinski definition) is 5. The van der Waals surface area contributed by atoms with Crippen molar-refractivity contribution < 1.29 is 23.9 Å². The second-order valence-corrected chi connectivity index (χ2v) is 7.07. The Bertz CT molecular complexity index is 738. The molecular weight excluding hydrogens is 320 g/mol. The first-order valence-corrected chi connectivity index (χ1v) is 8.63. The number of methoxy groups -OCH3 is 1. The Labute approximate surface area is 146 Å². The molecule has 2 saturated carbocycles. The number of carbonyl (C=O) groups is 3. The number of rotatable bonds is 5. The van der Waals surface area contributed by atoms with Gasteiger partial charge in [0.1, 0.15) is 0 Å². The largest absolute Gasteiger partial charge is 0.469 e. The lowest BCUT2D eigenvalue weighted by molar-refractivity contribution is -0.165. The van der Waals surface area contributed by atoms with E-state index in [2.05, 4.69) is 6.08 Å². The van der Waals surface area contributed by atoms with Crippen LogP contribution in [0.15, 0.2) is 42.5 Å². The van der Waals surface area contributed by atoms with Gasteiger partial charge in [0.05, 0.1) is 18.9 Å². The van der Waals surface area contributed by atoms with Gasteiger partial charge in [-0.25, -0.2) is 0 Å². The predicted molar refractivity (Wildman–Crippen MR) is 88.4 cm³/mol. The molecule has 5 nitrogen and oxygen atoms in total. The minimum absolute atomic E-state index is 0.0124. The zero-order valence-electron chi connectivity index (χ0n) is 14.0. The Kier molecular flexibility index (Phi) is 3.94. The monoisotopic (exact) mass is 340 g/mol. The van der Waals surface area contributed by atoms with Gasteiger partial charge in [0.2, 0.25) is 0 Å². The highest BCUT2D eigenvalue weighted by Gasteiger charge is 2.63. The quantitative estimate of drug-likeness (QED) is 0.467. The highest BCUT2D eigenvalue weighted by Crippen LogP contribution is 2.63. The summed E-state index contributed by atoms with van der Waals surface area (Å²) in [5, 5.41) is 0. The summed E-state index contributed by atoms with van der Waals surface area (Å²) in [7, 11) is 1.35. The lowest BCUT2D eigenvalue weighted by Crippen LogP contribution is -2.47. The molecule has 0 radical (unpaired) electrons. The second kappa shape index (κ2) is 6.14. The number of fused-ring (bicyclic) bond motifs is 1. The molecule has 0 N–H and O–H groups in total. The van der Waals surface area contributed by atoms with E-state index in [9.17, 15) is 14.4 Å². The van der Waals surface area contributed by atoms with Crippen molar-refractivity contribution >= 4 is 17.7 Å². The first-order chi connectivity index (χ1) is 12.1. The molecule has 0 saturated heterocycles. The molecule has 5 rings (SSSR count). The van der Waals surface area contributed by atoms with Crippen LogP contribution < -0.4 is 0 Å². The van der Waals surface area contributed by atoms with Crippen LogP contribution in [0, 0.1) is 35.5 Å². The molecular formula is C20H20O5. The number of ketones is 1. The van der Waals surface area contributed by atoms with Gasteiger partial charge in [0.15, 0.2) is 12.4 Å². The normalized spacial score (nSPS) is 34.1. The molecule has 0 amide bonds. The van der Waals surface area contributed by atoms with Gasteiger partial charge in [-0.15, -0.1) is 0 Å². The van der Waals surface area contributed by atoms with Crippen LogP contribution in [0.4, 0.5) is 0 Å². The van der Waals surface area contributed by atoms with Crippen molar-refractivity contribution in [2.24, 2.45) is 35.5 Å². The molecule has 25 heavy (non-hydrogen) atoms. The Morgan fingerprint density at radius 2 is 1.56 bits per heavy atom.